The Kier molecular flexibility index (Phi) is 2.48. The molecule has 1 nitrogen and oxygen atoms in total. The Labute approximate surface area is 101 Å². The molecule has 0 fully saturated rings. The molecule has 1 aromatic carbocycles. The summed E-state index contributed by atoms with van der Waals surface area (Å²) in [5.74, 6) is -6.74. The minimum atomic E-state index is -1.75. The molecule has 1 aromatic rings. The zero-order valence-corrected chi connectivity index (χ0v) is 9.51. The molecule has 0 heterocycles. The molecule has 3 rings (SSSR count). The van der Waals surface area contributed by atoms with E-state index in [-0.39, 0.29) is 29.6 Å². The Morgan fingerprint density at radius 3 is 2.33 bits per heavy atom. The van der Waals surface area contributed by atoms with Crippen LogP contribution in [-0.2, 0) is 11.2 Å². The number of ether oxygens (including phenoxy) is 1. The van der Waals surface area contributed by atoms with E-state index in [0.717, 1.165) is 0 Å². The van der Waals surface area contributed by atoms with E-state index < -0.39 is 29.2 Å². The molecule has 0 amide bonds. The third-order valence-corrected chi connectivity index (χ3v) is 3.79. The topological polar surface area (TPSA) is 9.23 Å². The Bertz CT molecular complexity index is 553. The van der Waals surface area contributed by atoms with Gasteiger partial charge in [-0.25, -0.2) is 17.6 Å². The van der Waals surface area contributed by atoms with Gasteiger partial charge in [0.15, 0.2) is 23.3 Å². The molecule has 96 valence electrons. The molecule has 0 saturated heterocycles. The highest BCUT2D eigenvalue weighted by Gasteiger charge is 2.43. The molecule has 2 aliphatic rings. The Hall–Kier alpha value is -1.36. The van der Waals surface area contributed by atoms with Gasteiger partial charge in [0.1, 0.15) is 0 Å². The molecular formula is C13H10F4O. The highest BCUT2D eigenvalue weighted by molar-refractivity contribution is 5.44. The number of benzene rings is 1. The van der Waals surface area contributed by atoms with Crippen molar-refractivity contribution < 1.29 is 22.3 Å². The maximum Gasteiger partial charge on any atom is 0.197 e. The van der Waals surface area contributed by atoms with Crippen LogP contribution in [0, 0.1) is 29.2 Å². The summed E-state index contributed by atoms with van der Waals surface area (Å²) in [4.78, 5) is 0. The summed E-state index contributed by atoms with van der Waals surface area (Å²) in [6.45, 7) is 0. The van der Waals surface area contributed by atoms with E-state index in [1.54, 1.807) is 12.2 Å². The second-order valence-electron chi connectivity index (χ2n) is 4.63. The first-order chi connectivity index (χ1) is 8.56. The van der Waals surface area contributed by atoms with Crippen LogP contribution in [0.15, 0.2) is 12.2 Å². The van der Waals surface area contributed by atoms with Gasteiger partial charge < -0.3 is 4.74 Å². The number of fused-ring (bicyclic) bond motifs is 4. The van der Waals surface area contributed by atoms with Gasteiger partial charge in [-0.15, -0.1) is 0 Å². The first-order valence-corrected chi connectivity index (χ1v) is 5.62. The molecule has 3 unspecified atom stereocenters. The zero-order chi connectivity index (χ0) is 13.0. The van der Waals surface area contributed by atoms with Crippen LogP contribution in [0.5, 0.6) is 0 Å². The van der Waals surface area contributed by atoms with Gasteiger partial charge in [-0.3, -0.25) is 0 Å². The first kappa shape index (κ1) is 11.7. The fraction of sp³-hybridized carbons (Fsp3) is 0.385. The highest BCUT2D eigenvalue weighted by atomic mass is 19.2. The quantitative estimate of drug-likeness (QED) is 0.325. The van der Waals surface area contributed by atoms with Crippen molar-refractivity contribution in [1.82, 2.24) is 0 Å². The van der Waals surface area contributed by atoms with Gasteiger partial charge in [0.05, 0.1) is 6.10 Å². The second kappa shape index (κ2) is 3.82. The molecule has 0 spiro atoms. The summed E-state index contributed by atoms with van der Waals surface area (Å²) in [5, 5.41) is 0. The van der Waals surface area contributed by atoms with Crippen LogP contribution in [0.2, 0.25) is 0 Å². The first-order valence-electron chi connectivity index (χ1n) is 5.62. The molecule has 0 radical (unpaired) electrons. The van der Waals surface area contributed by atoms with Crippen molar-refractivity contribution in [3.63, 3.8) is 0 Å². The lowest BCUT2D eigenvalue weighted by Gasteiger charge is -2.32. The Morgan fingerprint density at radius 2 is 1.67 bits per heavy atom. The lowest BCUT2D eigenvalue weighted by Crippen LogP contribution is -2.32. The summed E-state index contributed by atoms with van der Waals surface area (Å²) < 4.78 is 59.2. The second-order valence-corrected chi connectivity index (χ2v) is 4.63. The monoisotopic (exact) mass is 258 g/mol. The summed E-state index contributed by atoms with van der Waals surface area (Å²) in [7, 11) is 1.47. The van der Waals surface area contributed by atoms with E-state index in [9.17, 15) is 17.6 Å². The SMILES string of the molecule is COC1C2C=CC1c1c(F)c(F)c(F)c(F)c1C2. The van der Waals surface area contributed by atoms with Gasteiger partial charge in [-0.05, 0) is 12.0 Å². The van der Waals surface area contributed by atoms with Crippen molar-refractivity contribution in [2.75, 3.05) is 7.11 Å². The molecule has 0 aromatic heterocycles. The standard InChI is InChI=1S/C13H10F4O/c1-18-13-5-2-3-6(13)8-7(4-5)9(14)11(16)12(17)10(8)15/h2-3,5-6,13H,4H2,1H3. The molecular weight excluding hydrogens is 248 g/mol. The third-order valence-electron chi connectivity index (χ3n) is 3.79. The lowest BCUT2D eigenvalue weighted by atomic mass is 9.79. The predicted molar refractivity (Wildman–Crippen MR) is 56.1 cm³/mol. The van der Waals surface area contributed by atoms with Gasteiger partial charge in [0.2, 0.25) is 0 Å². The average molecular weight is 258 g/mol. The Balaban J connectivity index is 2.26. The Morgan fingerprint density at radius 1 is 1.00 bits per heavy atom. The van der Waals surface area contributed by atoms with E-state index in [0.29, 0.717) is 0 Å². The zero-order valence-electron chi connectivity index (χ0n) is 9.51. The molecule has 2 aliphatic carbocycles. The number of methoxy groups -OCH3 is 1. The fourth-order valence-corrected chi connectivity index (χ4v) is 2.99. The van der Waals surface area contributed by atoms with Gasteiger partial charge in [-0.2, -0.15) is 0 Å². The third kappa shape index (κ3) is 1.31. The minimum Gasteiger partial charge on any atom is -0.380 e. The summed E-state index contributed by atoms with van der Waals surface area (Å²) in [6, 6.07) is 0. The largest absolute Gasteiger partial charge is 0.380 e. The van der Waals surface area contributed by atoms with Crippen molar-refractivity contribution in [3.05, 3.63) is 46.5 Å². The lowest BCUT2D eigenvalue weighted by molar-refractivity contribution is 0.0581. The summed E-state index contributed by atoms with van der Waals surface area (Å²) in [6.07, 6.45) is 3.25. The molecule has 2 bridgehead atoms. The van der Waals surface area contributed by atoms with Crippen LogP contribution in [0.25, 0.3) is 0 Å². The molecule has 0 N–H and O–H groups in total. The van der Waals surface area contributed by atoms with Crippen molar-refractivity contribution in [3.8, 4) is 0 Å². The van der Waals surface area contributed by atoms with Gasteiger partial charge in [0.25, 0.3) is 0 Å². The molecule has 3 atom stereocenters. The van der Waals surface area contributed by atoms with E-state index in [2.05, 4.69) is 0 Å². The molecule has 0 saturated carbocycles. The van der Waals surface area contributed by atoms with Crippen molar-refractivity contribution in [2.45, 2.75) is 18.4 Å². The maximum atomic E-state index is 13.8. The summed E-state index contributed by atoms with van der Waals surface area (Å²) in [5.41, 5.74) is -0.178. The minimum absolute atomic E-state index is 0.0697. The number of hydrogen-bond donors (Lipinski definition) is 0. The number of rotatable bonds is 1. The smallest absolute Gasteiger partial charge is 0.197 e. The van der Waals surface area contributed by atoms with Crippen LogP contribution < -0.4 is 0 Å². The van der Waals surface area contributed by atoms with E-state index >= 15 is 0 Å². The van der Waals surface area contributed by atoms with E-state index in [4.69, 9.17) is 4.74 Å². The molecule has 18 heavy (non-hydrogen) atoms. The predicted octanol–water partition coefficient (Wildman–Crippen LogP) is 3.08. The highest BCUT2D eigenvalue weighted by Crippen LogP contribution is 2.45. The van der Waals surface area contributed by atoms with Crippen molar-refractivity contribution in [2.24, 2.45) is 5.92 Å². The number of halogens is 4. The van der Waals surface area contributed by atoms with E-state index in [1.807, 2.05) is 0 Å². The van der Waals surface area contributed by atoms with Crippen LogP contribution in [0.4, 0.5) is 17.6 Å². The van der Waals surface area contributed by atoms with Crippen LogP contribution in [0.1, 0.15) is 17.0 Å². The maximum absolute atomic E-state index is 13.8. The van der Waals surface area contributed by atoms with Gasteiger partial charge in [0, 0.05) is 24.5 Å². The van der Waals surface area contributed by atoms with Crippen molar-refractivity contribution in [1.29, 1.82) is 0 Å². The van der Waals surface area contributed by atoms with Crippen LogP contribution in [-0.4, -0.2) is 13.2 Å². The molecule has 5 heteroatoms. The van der Waals surface area contributed by atoms with E-state index in [1.165, 1.54) is 7.11 Å². The molecule has 0 aliphatic heterocycles. The van der Waals surface area contributed by atoms with Gasteiger partial charge in [-0.1, -0.05) is 12.2 Å². The van der Waals surface area contributed by atoms with Crippen LogP contribution >= 0.6 is 0 Å². The van der Waals surface area contributed by atoms with Gasteiger partial charge >= 0.3 is 0 Å². The normalized spacial score (nSPS) is 28.6. The fourth-order valence-electron chi connectivity index (χ4n) is 2.99. The van der Waals surface area contributed by atoms with Crippen LogP contribution in [0.3, 0.4) is 0 Å². The average Bonchev–Trinajstić information content (AvgIpc) is 2.66. The summed E-state index contributed by atoms with van der Waals surface area (Å²) >= 11 is 0. The van der Waals surface area contributed by atoms with Crippen molar-refractivity contribution >= 4 is 0 Å². The number of hydrogen-bond acceptors (Lipinski definition) is 1.